The van der Waals surface area contributed by atoms with Crippen molar-refractivity contribution in [3.8, 4) is 11.5 Å². The van der Waals surface area contributed by atoms with Crippen LogP contribution in [0.2, 0.25) is 0 Å². The summed E-state index contributed by atoms with van der Waals surface area (Å²) < 4.78 is 10.7. The number of carboxylic acid groups (broad SMARTS) is 1. The number of thiophene rings is 1. The molecule has 4 rings (SSSR count). The van der Waals surface area contributed by atoms with Gasteiger partial charge in [0.1, 0.15) is 5.00 Å². The van der Waals surface area contributed by atoms with Crippen LogP contribution in [0.1, 0.15) is 66.2 Å². The fourth-order valence-corrected chi connectivity index (χ4v) is 5.16. The van der Waals surface area contributed by atoms with Crippen molar-refractivity contribution in [2.24, 2.45) is 11.8 Å². The highest BCUT2D eigenvalue weighted by Crippen LogP contribution is 2.36. The Bertz CT molecular complexity index is 1060. The molecular weight excluding hydrogens is 444 g/mol. The molecule has 1 aromatic carbocycles. The fourth-order valence-electron chi connectivity index (χ4n) is 4.10. The lowest BCUT2D eigenvalue weighted by Gasteiger charge is -2.25. The number of carbonyl (C=O) groups excluding carboxylic acids is 2. The smallest absolute Gasteiger partial charge is 0.306 e. The van der Waals surface area contributed by atoms with E-state index in [1.165, 1.54) is 11.3 Å². The first-order chi connectivity index (χ1) is 15.8. The first kappa shape index (κ1) is 23.1. The van der Waals surface area contributed by atoms with E-state index < -0.39 is 5.97 Å². The van der Waals surface area contributed by atoms with Gasteiger partial charge in [-0.3, -0.25) is 14.4 Å². The van der Waals surface area contributed by atoms with Crippen LogP contribution in [0.15, 0.2) is 24.3 Å². The van der Waals surface area contributed by atoms with Crippen LogP contribution < -0.4 is 20.1 Å². The summed E-state index contributed by atoms with van der Waals surface area (Å²) >= 11 is 1.41. The van der Waals surface area contributed by atoms with Crippen LogP contribution in [0.25, 0.3) is 0 Å². The number of hydrogen-bond acceptors (Lipinski definition) is 6. The van der Waals surface area contributed by atoms with E-state index in [2.05, 4.69) is 10.6 Å². The van der Waals surface area contributed by atoms with Gasteiger partial charge in [-0.1, -0.05) is 19.9 Å². The van der Waals surface area contributed by atoms with Gasteiger partial charge in [0.2, 0.25) is 12.7 Å². The third-order valence-electron chi connectivity index (χ3n) is 6.14. The normalized spacial score (nSPS) is 19.4. The Labute approximate surface area is 196 Å². The molecule has 2 amide bonds. The molecule has 0 spiro atoms. The van der Waals surface area contributed by atoms with Crippen molar-refractivity contribution in [2.75, 3.05) is 12.1 Å². The molecule has 3 N–H and O–H groups in total. The Morgan fingerprint density at radius 2 is 1.76 bits per heavy atom. The van der Waals surface area contributed by atoms with Crippen LogP contribution in [0.4, 0.5) is 5.00 Å². The second kappa shape index (κ2) is 9.82. The largest absolute Gasteiger partial charge is 0.481 e. The van der Waals surface area contributed by atoms with Gasteiger partial charge >= 0.3 is 5.97 Å². The molecule has 33 heavy (non-hydrogen) atoms. The zero-order valence-corrected chi connectivity index (χ0v) is 19.5. The van der Waals surface area contributed by atoms with E-state index in [0.29, 0.717) is 54.3 Å². The average Bonchev–Trinajstić information content (AvgIpc) is 3.44. The third-order valence-corrected chi connectivity index (χ3v) is 7.49. The summed E-state index contributed by atoms with van der Waals surface area (Å²) in [6.07, 6.45) is 2.07. The Balaban J connectivity index is 1.42. The highest BCUT2D eigenvalue weighted by Gasteiger charge is 2.31. The van der Waals surface area contributed by atoms with Crippen molar-refractivity contribution in [1.82, 2.24) is 5.32 Å². The van der Waals surface area contributed by atoms with Crippen molar-refractivity contribution in [1.29, 1.82) is 0 Å². The van der Waals surface area contributed by atoms with E-state index in [0.717, 1.165) is 10.4 Å². The molecule has 0 radical (unpaired) electrons. The summed E-state index contributed by atoms with van der Waals surface area (Å²) in [6.45, 7) is 4.59. The number of hydrogen-bond donors (Lipinski definition) is 3. The Hall–Kier alpha value is -3.07. The van der Waals surface area contributed by atoms with Crippen LogP contribution in [-0.4, -0.2) is 29.7 Å². The van der Waals surface area contributed by atoms with E-state index in [9.17, 15) is 19.5 Å². The topological polar surface area (TPSA) is 114 Å². The summed E-state index contributed by atoms with van der Waals surface area (Å²) in [7, 11) is 0. The number of benzene rings is 1. The predicted octanol–water partition coefficient (Wildman–Crippen LogP) is 4.36. The summed E-state index contributed by atoms with van der Waals surface area (Å²) in [6, 6.07) is 7.36. The zero-order valence-electron chi connectivity index (χ0n) is 18.7. The molecule has 2 aliphatic rings. The van der Waals surface area contributed by atoms with Gasteiger partial charge in [0, 0.05) is 17.3 Å². The first-order valence-electron chi connectivity index (χ1n) is 11.2. The minimum atomic E-state index is -0.796. The number of rotatable bonds is 7. The molecule has 0 saturated heterocycles. The van der Waals surface area contributed by atoms with Gasteiger partial charge < -0.3 is 25.2 Å². The number of aliphatic carboxylic acids is 1. The van der Waals surface area contributed by atoms with Crippen molar-refractivity contribution in [3.05, 3.63) is 40.3 Å². The molecule has 1 aromatic heterocycles. The molecule has 1 saturated carbocycles. The fraction of sp³-hybridized carbons (Fsp3) is 0.458. The van der Waals surface area contributed by atoms with E-state index in [-0.39, 0.29) is 36.4 Å². The first-order valence-corrected chi connectivity index (χ1v) is 12.0. The lowest BCUT2D eigenvalue weighted by molar-refractivity contribution is -0.143. The van der Waals surface area contributed by atoms with E-state index in [1.54, 1.807) is 0 Å². The molecule has 9 heteroatoms. The van der Waals surface area contributed by atoms with Crippen molar-refractivity contribution >= 4 is 34.1 Å². The monoisotopic (exact) mass is 472 g/mol. The number of amides is 2. The number of ether oxygens (including phenoxy) is 2. The maximum absolute atomic E-state index is 13.0. The molecule has 1 fully saturated rings. The second-order valence-corrected chi connectivity index (χ2v) is 9.88. The van der Waals surface area contributed by atoms with Crippen LogP contribution in [0.3, 0.4) is 0 Å². The molecular formula is C24H28N2O6S. The molecule has 0 bridgehead atoms. The molecule has 0 unspecified atom stereocenters. The number of carboxylic acids is 1. The van der Waals surface area contributed by atoms with Gasteiger partial charge in [0.25, 0.3) is 5.91 Å². The van der Waals surface area contributed by atoms with Gasteiger partial charge in [-0.15, -0.1) is 11.3 Å². The van der Waals surface area contributed by atoms with Crippen molar-refractivity contribution in [2.45, 2.75) is 52.0 Å². The van der Waals surface area contributed by atoms with Gasteiger partial charge in [0.15, 0.2) is 11.5 Å². The SMILES string of the molecule is CC(C)c1cc(C(=O)NCc2ccc3c(c2)OCO3)c(NC(=O)C2CCC(C(=O)O)CC2)s1. The lowest BCUT2D eigenvalue weighted by atomic mass is 9.81. The molecule has 2 aromatic rings. The number of fused-ring (bicyclic) bond motifs is 1. The molecule has 8 nitrogen and oxygen atoms in total. The standard InChI is InChI=1S/C24H28N2O6S/c1-13(2)20-10-17(22(28)25-11-14-3-8-18-19(9-14)32-12-31-18)23(33-20)26-21(27)15-4-6-16(7-5-15)24(29)30/h3,8-10,13,15-16H,4-7,11-12H2,1-2H3,(H,25,28)(H,26,27)(H,29,30). The van der Waals surface area contributed by atoms with Gasteiger partial charge in [0.05, 0.1) is 11.5 Å². The van der Waals surface area contributed by atoms with Gasteiger partial charge in [-0.25, -0.2) is 0 Å². The Morgan fingerprint density at radius 3 is 2.45 bits per heavy atom. The van der Waals surface area contributed by atoms with Crippen LogP contribution >= 0.6 is 11.3 Å². The highest BCUT2D eigenvalue weighted by molar-refractivity contribution is 7.16. The van der Waals surface area contributed by atoms with Gasteiger partial charge in [-0.2, -0.15) is 0 Å². The van der Waals surface area contributed by atoms with Gasteiger partial charge in [-0.05, 0) is 55.4 Å². The summed E-state index contributed by atoms with van der Waals surface area (Å²) in [5, 5.41) is 15.6. The zero-order chi connectivity index (χ0) is 23.5. The van der Waals surface area contributed by atoms with Crippen LogP contribution in [0, 0.1) is 11.8 Å². The molecule has 0 atom stereocenters. The number of carbonyl (C=O) groups is 3. The quantitative estimate of drug-likeness (QED) is 0.552. The summed E-state index contributed by atoms with van der Waals surface area (Å²) in [5.41, 5.74) is 1.32. The van der Waals surface area contributed by atoms with Crippen molar-refractivity contribution in [3.63, 3.8) is 0 Å². The van der Waals surface area contributed by atoms with Crippen LogP contribution in [-0.2, 0) is 16.1 Å². The highest BCUT2D eigenvalue weighted by atomic mass is 32.1. The second-order valence-electron chi connectivity index (χ2n) is 8.79. The maximum Gasteiger partial charge on any atom is 0.306 e. The number of anilines is 1. The molecule has 1 aliphatic carbocycles. The Morgan fingerprint density at radius 1 is 1.06 bits per heavy atom. The van der Waals surface area contributed by atoms with Crippen LogP contribution in [0.5, 0.6) is 11.5 Å². The average molecular weight is 473 g/mol. The minimum absolute atomic E-state index is 0.152. The lowest BCUT2D eigenvalue weighted by Crippen LogP contribution is -2.30. The maximum atomic E-state index is 13.0. The van der Waals surface area contributed by atoms with E-state index in [1.807, 2.05) is 38.1 Å². The molecule has 2 heterocycles. The predicted molar refractivity (Wildman–Crippen MR) is 124 cm³/mol. The molecule has 1 aliphatic heterocycles. The number of nitrogens with one attached hydrogen (secondary N) is 2. The van der Waals surface area contributed by atoms with E-state index >= 15 is 0 Å². The molecule has 176 valence electrons. The van der Waals surface area contributed by atoms with Crippen molar-refractivity contribution < 1.29 is 29.0 Å². The van der Waals surface area contributed by atoms with E-state index in [4.69, 9.17) is 9.47 Å². The summed E-state index contributed by atoms with van der Waals surface area (Å²) in [5.74, 6) is -0.267. The minimum Gasteiger partial charge on any atom is -0.481 e. The Kier molecular flexibility index (Phi) is 6.88. The third kappa shape index (κ3) is 5.30. The summed E-state index contributed by atoms with van der Waals surface area (Å²) in [4.78, 5) is 38.1.